The lowest BCUT2D eigenvalue weighted by atomic mass is 10.0. The summed E-state index contributed by atoms with van der Waals surface area (Å²) in [6.07, 6.45) is 0. The second kappa shape index (κ2) is 2.89. The van der Waals surface area contributed by atoms with Gasteiger partial charge >= 0.3 is 0 Å². The molecule has 1 saturated heterocycles. The molecule has 1 aliphatic rings. The molecule has 0 spiro atoms. The summed E-state index contributed by atoms with van der Waals surface area (Å²) in [4.78, 5) is 0. The molecule has 0 aliphatic carbocycles. The van der Waals surface area contributed by atoms with Crippen LogP contribution in [0.4, 0.5) is 0 Å². The molecule has 0 aromatic carbocycles. The van der Waals surface area contributed by atoms with Gasteiger partial charge in [-0.1, -0.05) is 0 Å². The highest BCUT2D eigenvalue weighted by atomic mass is 16.5. The van der Waals surface area contributed by atoms with Gasteiger partial charge in [-0.15, -0.1) is 0 Å². The first kappa shape index (κ1) is 8.02. The summed E-state index contributed by atoms with van der Waals surface area (Å²) in [5.41, 5.74) is 0.260. The van der Waals surface area contributed by atoms with Crippen LogP contribution in [0.5, 0.6) is 0 Å². The zero-order chi connectivity index (χ0) is 7.61. The van der Waals surface area contributed by atoms with E-state index in [0.29, 0.717) is 0 Å². The van der Waals surface area contributed by atoms with Crippen molar-refractivity contribution in [3.05, 3.63) is 0 Å². The van der Waals surface area contributed by atoms with Crippen LogP contribution in [-0.4, -0.2) is 25.3 Å². The Balaban J connectivity index is 2.04. The van der Waals surface area contributed by atoms with Crippen LogP contribution in [0, 0.1) is 5.92 Å². The van der Waals surface area contributed by atoms with Crippen LogP contribution in [0.2, 0.25) is 0 Å². The summed E-state index contributed by atoms with van der Waals surface area (Å²) in [6, 6.07) is 0. The average molecular weight is 143 g/mol. The van der Waals surface area contributed by atoms with E-state index in [1.165, 1.54) is 0 Å². The van der Waals surface area contributed by atoms with Gasteiger partial charge in [0.25, 0.3) is 0 Å². The zero-order valence-corrected chi connectivity index (χ0v) is 7.11. The second-order valence-corrected chi connectivity index (χ2v) is 4.03. The van der Waals surface area contributed by atoms with Crippen LogP contribution >= 0.6 is 0 Å². The molecule has 0 bridgehead atoms. The van der Waals surface area contributed by atoms with Crippen molar-refractivity contribution in [3.63, 3.8) is 0 Å². The van der Waals surface area contributed by atoms with Crippen molar-refractivity contribution in [3.8, 4) is 0 Å². The minimum Gasteiger partial charge on any atom is -0.381 e. The van der Waals surface area contributed by atoms with E-state index in [0.717, 1.165) is 25.7 Å². The van der Waals surface area contributed by atoms with Gasteiger partial charge in [0.15, 0.2) is 0 Å². The fourth-order valence-corrected chi connectivity index (χ4v) is 0.853. The molecule has 1 rings (SSSR count). The Bertz CT molecular complexity index is 102. The molecule has 60 valence electrons. The third kappa shape index (κ3) is 2.67. The Hall–Kier alpha value is -0.0800. The van der Waals surface area contributed by atoms with Crippen LogP contribution in [0.25, 0.3) is 0 Å². The summed E-state index contributed by atoms with van der Waals surface area (Å²) in [5.74, 6) is 0.763. The monoisotopic (exact) mass is 143 g/mol. The largest absolute Gasteiger partial charge is 0.381 e. The van der Waals surface area contributed by atoms with E-state index in [4.69, 9.17) is 4.74 Å². The summed E-state index contributed by atoms with van der Waals surface area (Å²) < 4.78 is 5.06. The Kier molecular flexibility index (Phi) is 2.32. The summed E-state index contributed by atoms with van der Waals surface area (Å²) in [5, 5.41) is 3.44. The van der Waals surface area contributed by atoms with E-state index < -0.39 is 0 Å². The number of rotatable bonds is 2. The normalized spacial score (nSPS) is 20.7. The summed E-state index contributed by atoms with van der Waals surface area (Å²) >= 11 is 0. The molecule has 0 amide bonds. The van der Waals surface area contributed by atoms with Crippen molar-refractivity contribution in [2.75, 3.05) is 19.8 Å². The van der Waals surface area contributed by atoms with Gasteiger partial charge in [-0.25, -0.2) is 0 Å². The van der Waals surface area contributed by atoms with Crippen LogP contribution < -0.4 is 5.32 Å². The van der Waals surface area contributed by atoms with E-state index >= 15 is 0 Å². The Labute approximate surface area is 63.0 Å². The third-order valence-corrected chi connectivity index (χ3v) is 1.63. The summed E-state index contributed by atoms with van der Waals surface area (Å²) in [7, 11) is 0. The molecule has 0 aromatic rings. The topological polar surface area (TPSA) is 21.3 Å². The molecule has 1 fully saturated rings. The first-order chi connectivity index (χ1) is 4.58. The molecule has 0 saturated carbocycles. The van der Waals surface area contributed by atoms with Crippen molar-refractivity contribution in [1.82, 2.24) is 5.32 Å². The molecule has 2 heteroatoms. The van der Waals surface area contributed by atoms with Crippen molar-refractivity contribution in [1.29, 1.82) is 0 Å². The Morgan fingerprint density at radius 1 is 1.40 bits per heavy atom. The fourth-order valence-electron chi connectivity index (χ4n) is 0.853. The minimum atomic E-state index is 0.260. The lowest BCUT2D eigenvalue weighted by molar-refractivity contribution is -0.0328. The predicted molar refractivity (Wildman–Crippen MR) is 42.1 cm³/mol. The third-order valence-electron chi connectivity index (χ3n) is 1.63. The van der Waals surface area contributed by atoms with Crippen molar-refractivity contribution >= 4 is 0 Å². The van der Waals surface area contributed by atoms with E-state index in [2.05, 4.69) is 26.1 Å². The average Bonchev–Trinajstić information content (AvgIpc) is 1.56. The molecule has 0 unspecified atom stereocenters. The maximum absolute atomic E-state index is 5.06. The maximum Gasteiger partial charge on any atom is 0.0528 e. The number of hydrogen-bond acceptors (Lipinski definition) is 2. The molecule has 0 atom stereocenters. The molecular weight excluding hydrogens is 126 g/mol. The number of ether oxygens (including phenoxy) is 1. The van der Waals surface area contributed by atoms with E-state index in [1.54, 1.807) is 0 Å². The van der Waals surface area contributed by atoms with Crippen LogP contribution in [-0.2, 0) is 4.74 Å². The fraction of sp³-hybridized carbons (Fsp3) is 1.00. The first-order valence-corrected chi connectivity index (χ1v) is 3.91. The molecule has 2 nitrogen and oxygen atoms in total. The lowest BCUT2D eigenvalue weighted by Crippen LogP contribution is -2.44. The highest BCUT2D eigenvalue weighted by Crippen LogP contribution is 2.09. The SMILES string of the molecule is CC(C)(C)NCC1COC1. The van der Waals surface area contributed by atoms with E-state index in [9.17, 15) is 0 Å². The van der Waals surface area contributed by atoms with Crippen molar-refractivity contribution < 1.29 is 4.74 Å². The molecule has 1 N–H and O–H groups in total. The quantitative estimate of drug-likeness (QED) is 0.623. The van der Waals surface area contributed by atoms with E-state index in [1.807, 2.05) is 0 Å². The first-order valence-electron chi connectivity index (χ1n) is 3.91. The predicted octanol–water partition coefficient (Wildman–Crippen LogP) is 1.02. The van der Waals surface area contributed by atoms with Crippen LogP contribution in [0.15, 0.2) is 0 Å². The minimum absolute atomic E-state index is 0.260. The standard InChI is InChI=1S/C8H17NO/c1-8(2,3)9-4-7-5-10-6-7/h7,9H,4-6H2,1-3H3. The summed E-state index contributed by atoms with van der Waals surface area (Å²) in [6.45, 7) is 9.56. The van der Waals surface area contributed by atoms with Gasteiger partial charge in [0.2, 0.25) is 0 Å². The maximum atomic E-state index is 5.06. The number of nitrogens with one attached hydrogen (secondary N) is 1. The van der Waals surface area contributed by atoms with Crippen LogP contribution in [0.1, 0.15) is 20.8 Å². The molecule has 1 aliphatic heterocycles. The highest BCUT2D eigenvalue weighted by Gasteiger charge is 2.20. The van der Waals surface area contributed by atoms with E-state index in [-0.39, 0.29) is 5.54 Å². The van der Waals surface area contributed by atoms with Gasteiger partial charge in [0.05, 0.1) is 13.2 Å². The molecular formula is C8H17NO. The van der Waals surface area contributed by atoms with Gasteiger partial charge in [0.1, 0.15) is 0 Å². The van der Waals surface area contributed by atoms with Crippen molar-refractivity contribution in [2.45, 2.75) is 26.3 Å². The van der Waals surface area contributed by atoms with Gasteiger partial charge in [-0.3, -0.25) is 0 Å². The highest BCUT2D eigenvalue weighted by molar-refractivity contribution is 4.75. The molecule has 10 heavy (non-hydrogen) atoms. The smallest absolute Gasteiger partial charge is 0.0528 e. The molecule has 0 aromatic heterocycles. The Morgan fingerprint density at radius 2 is 2.00 bits per heavy atom. The second-order valence-electron chi connectivity index (χ2n) is 4.03. The van der Waals surface area contributed by atoms with Gasteiger partial charge in [0, 0.05) is 18.0 Å². The molecule has 1 heterocycles. The van der Waals surface area contributed by atoms with Crippen molar-refractivity contribution in [2.24, 2.45) is 5.92 Å². The Morgan fingerprint density at radius 3 is 2.30 bits per heavy atom. The van der Waals surface area contributed by atoms with Gasteiger partial charge in [-0.2, -0.15) is 0 Å². The number of hydrogen-bond donors (Lipinski definition) is 1. The van der Waals surface area contributed by atoms with Gasteiger partial charge < -0.3 is 10.1 Å². The molecule has 0 radical (unpaired) electrons. The van der Waals surface area contributed by atoms with Crippen LogP contribution in [0.3, 0.4) is 0 Å². The zero-order valence-electron chi connectivity index (χ0n) is 7.11. The lowest BCUT2D eigenvalue weighted by Gasteiger charge is -2.30. The van der Waals surface area contributed by atoms with Gasteiger partial charge in [-0.05, 0) is 20.8 Å².